The van der Waals surface area contributed by atoms with Gasteiger partial charge < -0.3 is 25.0 Å². The summed E-state index contributed by atoms with van der Waals surface area (Å²) in [6.07, 6.45) is 3.45. The summed E-state index contributed by atoms with van der Waals surface area (Å²) in [6.45, 7) is 1.83. The van der Waals surface area contributed by atoms with E-state index in [4.69, 9.17) is 9.47 Å². The van der Waals surface area contributed by atoms with Crippen LogP contribution in [0.4, 0.5) is 10.5 Å². The standard InChI is InChI=1S/C21H27N3O3/c1-24-14-4-5-17(24)12-13-22-21(25)23-16-8-10-18(11-9-16)27-20-7-3-6-19(15-20)26-2/h3,6-11,15,17H,4-5,12-14H2,1-2H3,(H2,22,23,25)/t17-/m0/s1. The molecule has 1 aliphatic heterocycles. The van der Waals surface area contributed by atoms with E-state index in [1.807, 2.05) is 48.5 Å². The molecular weight excluding hydrogens is 342 g/mol. The smallest absolute Gasteiger partial charge is 0.319 e. The fourth-order valence-corrected chi connectivity index (χ4v) is 3.28. The van der Waals surface area contributed by atoms with Crippen LogP contribution in [0.5, 0.6) is 17.2 Å². The Labute approximate surface area is 160 Å². The van der Waals surface area contributed by atoms with Gasteiger partial charge >= 0.3 is 6.03 Å². The van der Waals surface area contributed by atoms with Gasteiger partial charge in [0.05, 0.1) is 7.11 Å². The van der Waals surface area contributed by atoms with Gasteiger partial charge in [0.2, 0.25) is 0 Å². The molecule has 1 aliphatic rings. The maximum atomic E-state index is 12.0. The minimum atomic E-state index is -0.183. The molecule has 2 N–H and O–H groups in total. The SMILES string of the molecule is COc1cccc(Oc2ccc(NC(=O)NCC[C@@H]3CCCN3C)cc2)c1. The predicted molar refractivity (Wildman–Crippen MR) is 107 cm³/mol. The van der Waals surface area contributed by atoms with Crippen molar-refractivity contribution in [1.29, 1.82) is 0 Å². The van der Waals surface area contributed by atoms with Gasteiger partial charge in [0.25, 0.3) is 0 Å². The number of nitrogens with one attached hydrogen (secondary N) is 2. The highest BCUT2D eigenvalue weighted by Crippen LogP contribution is 2.26. The molecule has 1 fully saturated rings. The third-order valence-corrected chi connectivity index (χ3v) is 4.82. The Kier molecular flexibility index (Phi) is 6.54. The zero-order valence-electron chi connectivity index (χ0n) is 15.9. The minimum Gasteiger partial charge on any atom is -0.497 e. The van der Waals surface area contributed by atoms with Crippen LogP contribution in [0.25, 0.3) is 0 Å². The van der Waals surface area contributed by atoms with Crippen LogP contribution in [0.2, 0.25) is 0 Å². The Bertz CT molecular complexity index is 749. The third-order valence-electron chi connectivity index (χ3n) is 4.82. The fraction of sp³-hybridized carbons (Fsp3) is 0.381. The first kappa shape index (κ1) is 19.0. The van der Waals surface area contributed by atoms with Gasteiger partial charge in [-0.3, -0.25) is 0 Å². The molecule has 2 amide bonds. The number of carbonyl (C=O) groups is 1. The summed E-state index contributed by atoms with van der Waals surface area (Å²) >= 11 is 0. The van der Waals surface area contributed by atoms with Gasteiger partial charge in [-0.2, -0.15) is 0 Å². The maximum absolute atomic E-state index is 12.0. The Morgan fingerprint density at radius 1 is 1.15 bits per heavy atom. The van der Waals surface area contributed by atoms with E-state index < -0.39 is 0 Å². The van der Waals surface area contributed by atoms with E-state index in [9.17, 15) is 4.79 Å². The van der Waals surface area contributed by atoms with Crippen LogP contribution in [-0.2, 0) is 0 Å². The molecule has 0 aromatic heterocycles. The van der Waals surface area contributed by atoms with Crippen LogP contribution >= 0.6 is 0 Å². The minimum absolute atomic E-state index is 0.183. The quantitative estimate of drug-likeness (QED) is 0.771. The molecule has 0 saturated carbocycles. The monoisotopic (exact) mass is 369 g/mol. The molecule has 3 rings (SSSR count). The average molecular weight is 369 g/mol. The van der Waals surface area contributed by atoms with Gasteiger partial charge in [-0.15, -0.1) is 0 Å². The zero-order valence-corrected chi connectivity index (χ0v) is 15.9. The second kappa shape index (κ2) is 9.28. The fourth-order valence-electron chi connectivity index (χ4n) is 3.28. The molecule has 0 radical (unpaired) electrons. The summed E-state index contributed by atoms with van der Waals surface area (Å²) in [5.41, 5.74) is 0.725. The van der Waals surface area contributed by atoms with Crippen molar-refractivity contribution >= 4 is 11.7 Å². The summed E-state index contributed by atoms with van der Waals surface area (Å²) in [4.78, 5) is 14.4. The van der Waals surface area contributed by atoms with E-state index in [2.05, 4.69) is 22.6 Å². The first-order chi connectivity index (χ1) is 13.1. The summed E-state index contributed by atoms with van der Waals surface area (Å²) in [5, 5.41) is 5.77. The van der Waals surface area contributed by atoms with Gasteiger partial charge in [0.15, 0.2) is 0 Å². The Morgan fingerprint density at radius 2 is 1.93 bits per heavy atom. The molecule has 0 spiro atoms. The van der Waals surface area contributed by atoms with Crippen LogP contribution < -0.4 is 20.1 Å². The maximum Gasteiger partial charge on any atom is 0.319 e. The van der Waals surface area contributed by atoms with Crippen molar-refractivity contribution in [3.63, 3.8) is 0 Å². The topological polar surface area (TPSA) is 62.8 Å². The number of rotatable bonds is 7. The number of hydrogen-bond donors (Lipinski definition) is 2. The van der Waals surface area contributed by atoms with Crippen LogP contribution in [0.15, 0.2) is 48.5 Å². The average Bonchev–Trinajstić information content (AvgIpc) is 3.08. The molecule has 27 heavy (non-hydrogen) atoms. The number of carbonyl (C=O) groups excluding carboxylic acids is 1. The lowest BCUT2D eigenvalue weighted by molar-refractivity contribution is 0.248. The molecule has 2 aromatic rings. The van der Waals surface area contributed by atoms with Crippen molar-refractivity contribution in [2.45, 2.75) is 25.3 Å². The van der Waals surface area contributed by atoms with Crippen LogP contribution in [0.1, 0.15) is 19.3 Å². The first-order valence-electron chi connectivity index (χ1n) is 9.31. The molecule has 2 aromatic carbocycles. The number of ether oxygens (including phenoxy) is 2. The molecule has 1 saturated heterocycles. The molecule has 0 bridgehead atoms. The number of methoxy groups -OCH3 is 1. The van der Waals surface area contributed by atoms with Crippen LogP contribution in [-0.4, -0.2) is 44.2 Å². The van der Waals surface area contributed by atoms with E-state index in [-0.39, 0.29) is 6.03 Å². The molecular formula is C21H27N3O3. The van der Waals surface area contributed by atoms with Gasteiger partial charge in [-0.05, 0) is 69.3 Å². The van der Waals surface area contributed by atoms with Gasteiger partial charge in [0, 0.05) is 24.3 Å². The Balaban J connectivity index is 1.44. The number of benzene rings is 2. The Morgan fingerprint density at radius 3 is 2.63 bits per heavy atom. The van der Waals surface area contributed by atoms with E-state index in [0.29, 0.717) is 24.1 Å². The lowest BCUT2D eigenvalue weighted by Gasteiger charge is -2.19. The van der Waals surface area contributed by atoms with Gasteiger partial charge in [-0.1, -0.05) is 6.07 Å². The van der Waals surface area contributed by atoms with Crippen molar-refractivity contribution in [1.82, 2.24) is 10.2 Å². The van der Waals surface area contributed by atoms with Crippen molar-refractivity contribution in [2.75, 3.05) is 32.6 Å². The van der Waals surface area contributed by atoms with E-state index in [1.165, 1.54) is 12.8 Å². The Hall–Kier alpha value is -2.73. The molecule has 6 nitrogen and oxygen atoms in total. The second-order valence-corrected chi connectivity index (χ2v) is 6.75. The van der Waals surface area contributed by atoms with Crippen molar-refractivity contribution in [3.8, 4) is 17.2 Å². The van der Waals surface area contributed by atoms with E-state index in [1.54, 1.807) is 7.11 Å². The highest BCUT2D eigenvalue weighted by molar-refractivity contribution is 5.89. The summed E-state index contributed by atoms with van der Waals surface area (Å²) in [6, 6.07) is 15.1. The van der Waals surface area contributed by atoms with Gasteiger partial charge in [-0.25, -0.2) is 4.79 Å². The van der Waals surface area contributed by atoms with E-state index in [0.717, 1.165) is 24.4 Å². The number of likely N-dealkylation sites (tertiary alicyclic amines) is 1. The number of anilines is 1. The number of urea groups is 1. The van der Waals surface area contributed by atoms with E-state index >= 15 is 0 Å². The molecule has 0 aliphatic carbocycles. The summed E-state index contributed by atoms with van der Waals surface area (Å²) in [7, 11) is 3.77. The van der Waals surface area contributed by atoms with Gasteiger partial charge in [0.1, 0.15) is 17.2 Å². The molecule has 0 unspecified atom stereocenters. The number of amides is 2. The number of nitrogens with zero attached hydrogens (tertiary/aromatic N) is 1. The first-order valence-corrected chi connectivity index (χ1v) is 9.31. The summed E-state index contributed by atoms with van der Waals surface area (Å²) in [5.74, 6) is 2.13. The van der Waals surface area contributed by atoms with Crippen LogP contribution in [0, 0.1) is 0 Å². The molecule has 1 atom stereocenters. The number of hydrogen-bond acceptors (Lipinski definition) is 4. The molecule has 1 heterocycles. The highest BCUT2D eigenvalue weighted by Gasteiger charge is 2.20. The highest BCUT2D eigenvalue weighted by atomic mass is 16.5. The van der Waals surface area contributed by atoms with Crippen molar-refractivity contribution < 1.29 is 14.3 Å². The predicted octanol–water partition coefficient (Wildman–Crippen LogP) is 4.09. The lowest BCUT2D eigenvalue weighted by atomic mass is 10.1. The summed E-state index contributed by atoms with van der Waals surface area (Å²) < 4.78 is 11.0. The van der Waals surface area contributed by atoms with Crippen LogP contribution in [0.3, 0.4) is 0 Å². The largest absolute Gasteiger partial charge is 0.497 e. The third kappa shape index (κ3) is 5.62. The molecule has 144 valence electrons. The normalized spacial score (nSPS) is 16.7. The van der Waals surface area contributed by atoms with Crippen molar-refractivity contribution in [2.24, 2.45) is 0 Å². The molecule has 6 heteroatoms. The lowest BCUT2D eigenvalue weighted by Crippen LogP contribution is -2.34. The zero-order chi connectivity index (χ0) is 19.1. The second-order valence-electron chi connectivity index (χ2n) is 6.75. The van der Waals surface area contributed by atoms with Crippen molar-refractivity contribution in [3.05, 3.63) is 48.5 Å².